The molecule has 2 aliphatic carbocycles. The molecule has 0 aliphatic heterocycles. The molecule has 5 rings (SSSR count). The first-order valence-corrected chi connectivity index (χ1v) is 11.6. The Kier molecular flexibility index (Phi) is 5.38. The number of ether oxygens (including phenoxy) is 1. The molecule has 0 bridgehead atoms. The highest BCUT2D eigenvalue weighted by Gasteiger charge is 2.28. The summed E-state index contributed by atoms with van der Waals surface area (Å²) in [7, 11) is 0. The zero-order chi connectivity index (χ0) is 22.2. The van der Waals surface area contributed by atoms with E-state index in [0.717, 1.165) is 60.2 Å². The highest BCUT2D eigenvalue weighted by atomic mass is 32.1. The summed E-state index contributed by atoms with van der Waals surface area (Å²) in [6.07, 6.45) is 5.85. The Morgan fingerprint density at radius 1 is 1.16 bits per heavy atom. The van der Waals surface area contributed by atoms with Gasteiger partial charge in [0.25, 0.3) is 11.8 Å². The van der Waals surface area contributed by atoms with Crippen LogP contribution in [-0.2, 0) is 22.4 Å². The van der Waals surface area contributed by atoms with Crippen LogP contribution in [0, 0.1) is 0 Å². The maximum absolute atomic E-state index is 12.8. The predicted octanol–water partition coefficient (Wildman–Crippen LogP) is 3.95. The van der Waals surface area contributed by atoms with Gasteiger partial charge in [-0.15, -0.1) is 11.3 Å². The fraction of sp³-hybridized carbons (Fsp3) is 0.333. The van der Waals surface area contributed by atoms with Gasteiger partial charge < -0.3 is 15.8 Å². The number of aromatic nitrogens is 1. The maximum atomic E-state index is 12.8. The first-order valence-electron chi connectivity index (χ1n) is 10.8. The van der Waals surface area contributed by atoms with Crippen molar-refractivity contribution < 1.29 is 19.1 Å². The summed E-state index contributed by atoms with van der Waals surface area (Å²) >= 11 is 1.38. The number of nitrogens with one attached hydrogen (secondary N) is 1. The molecule has 3 N–H and O–H groups in total. The number of carbonyl (C=O) groups is 3. The van der Waals surface area contributed by atoms with Crippen LogP contribution >= 0.6 is 11.3 Å². The van der Waals surface area contributed by atoms with Crippen molar-refractivity contribution in [2.45, 2.75) is 44.4 Å². The third-order valence-corrected chi connectivity index (χ3v) is 7.16. The summed E-state index contributed by atoms with van der Waals surface area (Å²) < 4.78 is 5.34. The Bertz CT molecular complexity index is 1250. The van der Waals surface area contributed by atoms with Gasteiger partial charge in [0.05, 0.1) is 16.6 Å². The molecule has 2 aromatic heterocycles. The number of esters is 1. The number of hydrogen-bond acceptors (Lipinski definition) is 6. The largest absolute Gasteiger partial charge is 0.452 e. The zero-order valence-electron chi connectivity index (χ0n) is 17.5. The number of thiophene rings is 1. The van der Waals surface area contributed by atoms with E-state index in [1.807, 2.05) is 24.3 Å². The minimum atomic E-state index is -0.568. The summed E-state index contributed by atoms with van der Waals surface area (Å²) in [5.41, 5.74) is 8.94. The second-order valence-electron chi connectivity index (χ2n) is 8.29. The van der Waals surface area contributed by atoms with Crippen LogP contribution in [0.4, 0.5) is 5.00 Å². The van der Waals surface area contributed by atoms with Gasteiger partial charge >= 0.3 is 5.97 Å². The molecule has 1 fully saturated rings. The molecular formula is C24H23N3O4S. The van der Waals surface area contributed by atoms with E-state index < -0.39 is 24.4 Å². The summed E-state index contributed by atoms with van der Waals surface area (Å²) in [5.74, 6) is -1.24. The zero-order valence-corrected chi connectivity index (χ0v) is 18.3. The molecule has 0 radical (unpaired) electrons. The molecule has 2 heterocycles. The second kappa shape index (κ2) is 8.35. The number of amides is 2. The van der Waals surface area contributed by atoms with E-state index in [0.29, 0.717) is 27.4 Å². The van der Waals surface area contributed by atoms with Crippen LogP contribution in [0.1, 0.15) is 68.5 Å². The molecule has 0 spiro atoms. The van der Waals surface area contributed by atoms with Crippen LogP contribution in [0.2, 0.25) is 0 Å². The fourth-order valence-corrected chi connectivity index (χ4v) is 5.55. The van der Waals surface area contributed by atoms with Gasteiger partial charge in [-0.3, -0.25) is 14.6 Å². The number of rotatable bonds is 6. The lowest BCUT2D eigenvalue weighted by molar-refractivity contribution is -0.119. The normalized spacial score (nSPS) is 15.2. The van der Waals surface area contributed by atoms with Crippen LogP contribution in [-0.4, -0.2) is 29.4 Å². The van der Waals surface area contributed by atoms with Gasteiger partial charge in [-0.1, -0.05) is 18.2 Å². The Morgan fingerprint density at radius 3 is 2.72 bits per heavy atom. The van der Waals surface area contributed by atoms with E-state index in [1.165, 1.54) is 11.3 Å². The number of nitrogens with two attached hydrogens (primary N) is 1. The van der Waals surface area contributed by atoms with Crippen molar-refractivity contribution in [1.29, 1.82) is 0 Å². The van der Waals surface area contributed by atoms with Crippen molar-refractivity contribution in [3.8, 4) is 0 Å². The smallest absolute Gasteiger partial charge is 0.339 e. The van der Waals surface area contributed by atoms with Crippen LogP contribution < -0.4 is 11.1 Å². The quantitative estimate of drug-likeness (QED) is 0.554. The van der Waals surface area contributed by atoms with E-state index in [4.69, 9.17) is 10.5 Å². The molecule has 1 saturated carbocycles. The van der Waals surface area contributed by atoms with Crippen molar-refractivity contribution in [3.63, 3.8) is 0 Å². The van der Waals surface area contributed by atoms with Gasteiger partial charge in [0.15, 0.2) is 6.61 Å². The number of carbonyl (C=O) groups excluding carboxylic acids is 3. The lowest BCUT2D eigenvalue weighted by atomic mass is 9.95. The fourth-order valence-electron chi connectivity index (χ4n) is 4.24. The topological polar surface area (TPSA) is 111 Å². The van der Waals surface area contributed by atoms with Crippen LogP contribution in [0.3, 0.4) is 0 Å². The number of fused-ring (bicyclic) bond motifs is 2. The number of aryl methyl sites for hydroxylation is 1. The SMILES string of the molecule is NC(=O)c1c(NC(=O)COC(=O)c2cc(C3CC3)nc3ccccc23)sc2c1CCCC2. The predicted molar refractivity (Wildman–Crippen MR) is 122 cm³/mol. The maximum Gasteiger partial charge on any atom is 0.339 e. The number of primary amides is 1. The molecule has 1 aromatic carbocycles. The minimum Gasteiger partial charge on any atom is -0.452 e. The third-order valence-electron chi connectivity index (χ3n) is 5.96. The molecule has 2 amide bonds. The Labute approximate surface area is 189 Å². The van der Waals surface area contributed by atoms with E-state index in [9.17, 15) is 14.4 Å². The van der Waals surface area contributed by atoms with Gasteiger partial charge in [0.2, 0.25) is 0 Å². The van der Waals surface area contributed by atoms with Crippen LogP contribution in [0.15, 0.2) is 30.3 Å². The van der Waals surface area contributed by atoms with Crippen molar-refractivity contribution in [2.24, 2.45) is 5.73 Å². The van der Waals surface area contributed by atoms with Crippen molar-refractivity contribution in [2.75, 3.05) is 11.9 Å². The highest BCUT2D eigenvalue weighted by Crippen LogP contribution is 2.40. The number of hydrogen-bond donors (Lipinski definition) is 2. The van der Waals surface area contributed by atoms with Crippen LogP contribution in [0.5, 0.6) is 0 Å². The van der Waals surface area contributed by atoms with E-state index in [1.54, 1.807) is 6.07 Å². The highest BCUT2D eigenvalue weighted by molar-refractivity contribution is 7.17. The Balaban J connectivity index is 1.32. The van der Waals surface area contributed by atoms with Gasteiger partial charge in [-0.2, -0.15) is 0 Å². The lowest BCUT2D eigenvalue weighted by Crippen LogP contribution is -2.23. The number of anilines is 1. The van der Waals surface area contributed by atoms with Gasteiger partial charge in [-0.05, 0) is 56.2 Å². The summed E-state index contributed by atoms with van der Waals surface area (Å²) in [4.78, 5) is 43.1. The van der Waals surface area contributed by atoms with Gasteiger partial charge in [0.1, 0.15) is 5.00 Å². The van der Waals surface area contributed by atoms with Crippen molar-refractivity contribution in [3.05, 3.63) is 57.6 Å². The summed E-state index contributed by atoms with van der Waals surface area (Å²) in [6.45, 7) is -0.449. The van der Waals surface area contributed by atoms with Gasteiger partial charge in [-0.25, -0.2) is 4.79 Å². The molecule has 0 unspecified atom stereocenters. The second-order valence-corrected chi connectivity index (χ2v) is 9.39. The van der Waals surface area contributed by atoms with Crippen molar-refractivity contribution >= 4 is 45.0 Å². The van der Waals surface area contributed by atoms with Gasteiger partial charge in [0, 0.05) is 21.9 Å². The number of para-hydroxylation sites is 1. The van der Waals surface area contributed by atoms with E-state index in [2.05, 4.69) is 10.3 Å². The monoisotopic (exact) mass is 449 g/mol. The molecule has 3 aromatic rings. The average Bonchev–Trinajstić information content (AvgIpc) is 3.57. The molecule has 8 heteroatoms. The van der Waals surface area contributed by atoms with Crippen LogP contribution in [0.25, 0.3) is 10.9 Å². The number of nitrogens with zero attached hydrogens (tertiary/aromatic N) is 1. The van der Waals surface area contributed by atoms with E-state index in [-0.39, 0.29) is 0 Å². The minimum absolute atomic E-state index is 0.381. The molecule has 7 nitrogen and oxygen atoms in total. The summed E-state index contributed by atoms with van der Waals surface area (Å²) in [5, 5.41) is 3.86. The molecule has 2 aliphatic rings. The number of pyridine rings is 1. The van der Waals surface area contributed by atoms with Crippen molar-refractivity contribution in [1.82, 2.24) is 4.98 Å². The average molecular weight is 450 g/mol. The summed E-state index contributed by atoms with van der Waals surface area (Å²) in [6, 6.07) is 9.19. The third kappa shape index (κ3) is 3.98. The molecular weight excluding hydrogens is 426 g/mol. The molecule has 0 saturated heterocycles. The Morgan fingerprint density at radius 2 is 1.94 bits per heavy atom. The number of benzene rings is 1. The first-order chi connectivity index (χ1) is 15.5. The lowest BCUT2D eigenvalue weighted by Gasteiger charge is -2.11. The molecule has 164 valence electrons. The standard InChI is InChI=1S/C24H23N3O4S/c25-22(29)21-15-6-2-4-8-19(15)32-23(21)27-20(28)12-31-24(30)16-11-18(13-9-10-13)26-17-7-3-1-5-14(16)17/h1,3,5,7,11,13H,2,4,6,8-10,12H2,(H2,25,29)(H,27,28). The molecule has 32 heavy (non-hydrogen) atoms. The molecule has 0 atom stereocenters. The van der Waals surface area contributed by atoms with E-state index >= 15 is 0 Å². The first kappa shape index (κ1) is 20.6. The Hall–Kier alpha value is -3.26.